The molecule has 86 heavy (non-hydrogen) atoms. The van der Waals surface area contributed by atoms with Gasteiger partial charge in [-0.05, 0) is 92.8 Å². The van der Waals surface area contributed by atoms with Crippen molar-refractivity contribution in [3.63, 3.8) is 0 Å². The fourth-order valence-electron chi connectivity index (χ4n) is 16.6. The van der Waals surface area contributed by atoms with Crippen LogP contribution in [0.1, 0.15) is 78.6 Å². The summed E-state index contributed by atoms with van der Waals surface area (Å²) >= 11 is 0. The molecule has 6 aliphatic heterocycles. The molecule has 0 aromatic carbocycles. The highest BCUT2D eigenvalue weighted by Gasteiger charge is 2.65. The summed E-state index contributed by atoms with van der Waals surface area (Å²) in [5.41, 5.74) is -0.484. The van der Waals surface area contributed by atoms with Crippen LogP contribution in [0.15, 0.2) is 0 Å². The molecule has 496 valence electrons. The zero-order valence-corrected chi connectivity index (χ0v) is 48.8. The molecule has 35 atom stereocenters. The zero-order chi connectivity index (χ0) is 62.1. The van der Waals surface area contributed by atoms with E-state index in [1.807, 2.05) is 0 Å². The van der Waals surface area contributed by atoms with Gasteiger partial charge in [0.15, 0.2) is 31.5 Å². The van der Waals surface area contributed by atoms with E-state index >= 15 is 0 Å². The lowest BCUT2D eigenvalue weighted by atomic mass is 9.44. The van der Waals surface area contributed by atoms with Crippen molar-refractivity contribution < 1.29 is 143 Å². The van der Waals surface area contributed by atoms with E-state index in [1.54, 1.807) is 6.92 Å². The molecule has 0 aromatic rings. The molecule has 4 saturated carbocycles. The van der Waals surface area contributed by atoms with Crippen molar-refractivity contribution in [1.29, 1.82) is 0 Å². The Labute approximate surface area is 497 Å². The number of rotatable bonds is 19. The summed E-state index contributed by atoms with van der Waals surface area (Å²) in [5, 5.41) is 174. The zero-order valence-electron chi connectivity index (χ0n) is 48.8. The molecule has 0 bridgehead atoms. The van der Waals surface area contributed by atoms with Crippen LogP contribution in [-0.2, 0) is 61.6 Å². The van der Waals surface area contributed by atoms with Crippen LogP contribution in [0.4, 0.5) is 0 Å². The van der Waals surface area contributed by atoms with Crippen LogP contribution >= 0.6 is 0 Å². The van der Waals surface area contributed by atoms with E-state index in [0.29, 0.717) is 38.1 Å². The molecule has 30 heteroatoms. The van der Waals surface area contributed by atoms with E-state index < -0.39 is 204 Å². The molecular formula is C56H93NO29. The highest BCUT2D eigenvalue weighted by atomic mass is 16.8. The van der Waals surface area contributed by atoms with Gasteiger partial charge in [-0.25, -0.2) is 0 Å². The molecule has 0 spiro atoms. The Morgan fingerprint density at radius 3 is 1.76 bits per heavy atom. The molecule has 30 nitrogen and oxygen atoms in total. The van der Waals surface area contributed by atoms with Gasteiger partial charge in [0.1, 0.15) is 122 Å². The van der Waals surface area contributed by atoms with E-state index in [1.165, 1.54) is 7.11 Å². The number of nitrogens with one attached hydrogen (secondary N) is 1. The minimum absolute atomic E-state index is 0.0408. The van der Waals surface area contributed by atoms with Crippen molar-refractivity contribution in [2.75, 3.05) is 53.3 Å². The molecule has 10 fully saturated rings. The van der Waals surface area contributed by atoms with Gasteiger partial charge < -0.3 is 139 Å². The minimum atomic E-state index is -2.04. The summed E-state index contributed by atoms with van der Waals surface area (Å²) in [7, 11) is 1.54. The van der Waals surface area contributed by atoms with Gasteiger partial charge in [-0.2, -0.15) is 0 Å². The van der Waals surface area contributed by atoms with Gasteiger partial charge in [0, 0.05) is 31.9 Å². The Hall–Kier alpha value is -1.49. The highest BCUT2D eigenvalue weighted by Crippen LogP contribution is 2.68. The number of fused-ring (bicyclic) bond motifs is 5. The van der Waals surface area contributed by atoms with Crippen molar-refractivity contribution in [3.05, 3.63) is 0 Å². The van der Waals surface area contributed by atoms with Crippen LogP contribution < -0.4 is 5.32 Å². The SMILES string of the molecule is COC1(O[C@H]2C[C@H]3[C@@H]4CC[C@H]5C[C@@H](O[C@@H]6O[C@H](CO)[C@H](O[C@@H]7O[C@H](CO)[C@@H](O)[C@H](O[C@@H]8OC[C@@H](O)[C@H](O)[C@H]8O)[C@H]7O[C@@H]7O[C@H](CO)[C@@H](O)[C@H](O)[C@H]7O)[C@H](O)[C@H]6O)CC[C@]5(C)[C@H]4CC[C@]3(C)[C@H]2C(C)=O)C[C@H](CO[C@@H]2O[C@H](CO)[C@@H](O)[C@H](O)[C@H]2O)CN1. The average molecular weight is 1240 g/mol. The molecule has 17 N–H and O–H groups in total. The standard InChI is InChI=1S/C56H93NO29/c1-21(62)34-29(86-56(75-4)13-22(14-57-56)19-76-49-43(72)39(68)36(65)30(15-58)79-49)12-27-25-6-5-23-11-24(7-9-54(23,2)26(25)8-10-55(27,34)3)78-51-45(74)41(70)46(33(18-61)82-51)83-53-48(85-52-44(73)40(69)37(66)31(16-59)80-52)47(38(67)32(17-60)81-53)84-50-42(71)35(64)28(63)20-77-50/h22-53,57-61,63-74H,5-20H2,1-4H3/t22-,23-,24-,25+,26-,27-,28+,29-,30+,31+,32+,33+,34-,35-,36+,37+,38+,39-,40-,41+,42+,43+,44+,45+,46-,47-,48+,49+,50-,51+,52-,53-,54-,55-,56?/m0/s1. The Morgan fingerprint density at radius 2 is 1.10 bits per heavy atom. The molecular weight excluding hydrogens is 1150 g/mol. The van der Waals surface area contributed by atoms with Crippen LogP contribution in [0, 0.1) is 46.3 Å². The molecule has 10 rings (SSSR count). The second-order valence-electron chi connectivity index (χ2n) is 26.3. The fraction of sp³-hybridized carbons (Fsp3) is 0.982. The van der Waals surface area contributed by atoms with Gasteiger partial charge in [-0.3, -0.25) is 10.1 Å². The van der Waals surface area contributed by atoms with Crippen molar-refractivity contribution in [2.45, 2.75) is 244 Å². The van der Waals surface area contributed by atoms with Crippen LogP contribution in [0.2, 0.25) is 0 Å². The lowest BCUT2D eigenvalue weighted by molar-refractivity contribution is -0.404. The Kier molecular flexibility index (Phi) is 21.3. The quantitative estimate of drug-likeness (QED) is 0.0422. The number of ether oxygens (including phenoxy) is 12. The molecule has 0 radical (unpaired) electrons. The molecule has 0 aromatic heterocycles. The molecule has 6 saturated heterocycles. The first kappa shape index (κ1) is 67.4. The molecule has 1 unspecified atom stereocenters. The lowest BCUT2D eigenvalue weighted by Crippen LogP contribution is -2.68. The maximum absolute atomic E-state index is 13.8. The summed E-state index contributed by atoms with van der Waals surface area (Å²) in [4.78, 5) is 13.8. The summed E-state index contributed by atoms with van der Waals surface area (Å²) in [5.74, 6) is -0.905. The van der Waals surface area contributed by atoms with E-state index in [-0.39, 0.29) is 46.9 Å². The topological polar surface area (TPSA) is 464 Å². The van der Waals surface area contributed by atoms with Crippen LogP contribution in [0.3, 0.4) is 0 Å². The second kappa shape index (κ2) is 27.2. The van der Waals surface area contributed by atoms with E-state index in [2.05, 4.69) is 19.2 Å². The van der Waals surface area contributed by atoms with E-state index in [0.717, 1.165) is 32.1 Å². The van der Waals surface area contributed by atoms with Crippen molar-refractivity contribution in [2.24, 2.45) is 46.3 Å². The minimum Gasteiger partial charge on any atom is -0.394 e. The molecule has 4 aliphatic carbocycles. The third-order valence-electron chi connectivity index (χ3n) is 21.4. The van der Waals surface area contributed by atoms with Crippen molar-refractivity contribution in [1.82, 2.24) is 5.32 Å². The second-order valence-corrected chi connectivity index (χ2v) is 26.3. The van der Waals surface area contributed by atoms with Crippen LogP contribution in [-0.4, -0.2) is 306 Å². The first-order chi connectivity index (χ1) is 40.8. The number of methoxy groups -OCH3 is 1. The number of hydrogen-bond acceptors (Lipinski definition) is 30. The van der Waals surface area contributed by atoms with Gasteiger partial charge in [0.25, 0.3) is 0 Å². The summed E-state index contributed by atoms with van der Waals surface area (Å²) < 4.78 is 72.3. The number of carbonyl (C=O) groups excluding carboxylic acids is 1. The van der Waals surface area contributed by atoms with Gasteiger partial charge in [0.2, 0.25) is 5.91 Å². The molecule has 0 amide bonds. The average Bonchev–Trinajstić information content (AvgIpc) is 2.49. The third-order valence-corrected chi connectivity index (χ3v) is 21.4. The summed E-state index contributed by atoms with van der Waals surface area (Å²) in [6.07, 6.45) is -35.5. The maximum Gasteiger partial charge on any atom is 0.227 e. The van der Waals surface area contributed by atoms with Crippen LogP contribution in [0.5, 0.6) is 0 Å². The monoisotopic (exact) mass is 1240 g/mol. The van der Waals surface area contributed by atoms with Gasteiger partial charge in [0.05, 0.1) is 51.8 Å². The van der Waals surface area contributed by atoms with Crippen LogP contribution in [0.25, 0.3) is 0 Å². The lowest BCUT2D eigenvalue weighted by Gasteiger charge is -2.61. The van der Waals surface area contributed by atoms with E-state index in [9.17, 15) is 86.5 Å². The third kappa shape index (κ3) is 12.6. The van der Waals surface area contributed by atoms with Crippen molar-refractivity contribution in [3.8, 4) is 0 Å². The largest absolute Gasteiger partial charge is 0.394 e. The molecule has 10 aliphatic rings. The normalized spacial score (nSPS) is 54.2. The number of aliphatic hydroxyl groups is 16. The Balaban J connectivity index is 0.785. The predicted octanol–water partition coefficient (Wildman–Crippen LogP) is -6.75. The smallest absolute Gasteiger partial charge is 0.227 e. The Bertz CT molecular complexity index is 2230. The predicted molar refractivity (Wildman–Crippen MR) is 282 cm³/mol. The van der Waals surface area contributed by atoms with Gasteiger partial charge in [-0.15, -0.1) is 0 Å². The number of aliphatic hydroxyl groups excluding tert-OH is 16. The first-order valence-electron chi connectivity index (χ1n) is 30.4. The molecule has 6 heterocycles. The maximum atomic E-state index is 13.8. The Morgan fingerprint density at radius 1 is 0.547 bits per heavy atom. The number of hydrogen-bond donors (Lipinski definition) is 17. The fourth-order valence-corrected chi connectivity index (χ4v) is 16.6. The highest BCUT2D eigenvalue weighted by molar-refractivity contribution is 5.80. The van der Waals surface area contributed by atoms with Gasteiger partial charge in [-0.1, -0.05) is 13.8 Å². The van der Waals surface area contributed by atoms with E-state index in [4.69, 9.17) is 56.8 Å². The van der Waals surface area contributed by atoms with Crippen molar-refractivity contribution >= 4 is 5.78 Å². The summed E-state index contributed by atoms with van der Waals surface area (Å²) in [6, 6.07) is 0. The first-order valence-corrected chi connectivity index (χ1v) is 30.4. The summed E-state index contributed by atoms with van der Waals surface area (Å²) in [6.45, 7) is 2.91. The van der Waals surface area contributed by atoms with Gasteiger partial charge >= 0.3 is 0 Å². The number of carbonyl (C=O) groups is 1. The number of Topliss-reactive ketones (excluding diaryl/α,β-unsaturated/α-hetero) is 1. The number of ketones is 1.